The topological polar surface area (TPSA) is 64.6 Å². The Hall–Kier alpha value is -2.82. The highest BCUT2D eigenvalue weighted by molar-refractivity contribution is 5.97. The van der Waals surface area contributed by atoms with Crippen LogP contribution in [0, 0.1) is 13.8 Å². The van der Waals surface area contributed by atoms with Crippen molar-refractivity contribution < 1.29 is 19.1 Å². The van der Waals surface area contributed by atoms with Crippen molar-refractivity contribution in [3.8, 4) is 5.75 Å². The first kappa shape index (κ1) is 17.5. The van der Waals surface area contributed by atoms with Crippen LogP contribution in [-0.4, -0.2) is 25.1 Å². The number of nitrogens with one attached hydrogen (secondary N) is 1. The van der Waals surface area contributed by atoms with E-state index in [0.29, 0.717) is 17.0 Å². The Balaban J connectivity index is 1.99. The van der Waals surface area contributed by atoms with Crippen LogP contribution in [0.4, 0.5) is 5.69 Å². The molecule has 2 aromatic rings. The monoisotopic (exact) mass is 327 g/mol. The molecule has 0 heterocycles. The lowest BCUT2D eigenvalue weighted by atomic mass is 10.1. The lowest BCUT2D eigenvalue weighted by Crippen LogP contribution is -2.30. The number of carbonyl (C=O) groups is 2. The maximum Gasteiger partial charge on any atom is 0.338 e. The summed E-state index contributed by atoms with van der Waals surface area (Å²) in [5, 5.41) is 2.70. The van der Waals surface area contributed by atoms with Crippen molar-refractivity contribution in [3.05, 3.63) is 59.2 Å². The molecule has 1 atom stereocenters. The lowest BCUT2D eigenvalue weighted by molar-refractivity contribution is -0.123. The number of esters is 1. The molecule has 24 heavy (non-hydrogen) atoms. The molecule has 0 saturated carbocycles. The molecule has 0 radical (unpaired) electrons. The molecule has 126 valence electrons. The summed E-state index contributed by atoms with van der Waals surface area (Å²) in [7, 11) is 1.55. The average Bonchev–Trinajstić information content (AvgIpc) is 2.57. The normalized spacial score (nSPS) is 11.5. The molecule has 0 aromatic heterocycles. The Labute approximate surface area is 141 Å². The number of benzene rings is 2. The van der Waals surface area contributed by atoms with E-state index in [2.05, 4.69) is 5.32 Å². The van der Waals surface area contributed by atoms with Crippen molar-refractivity contribution in [3.63, 3.8) is 0 Å². The molecule has 2 aromatic carbocycles. The quantitative estimate of drug-likeness (QED) is 0.854. The predicted molar refractivity (Wildman–Crippen MR) is 92.4 cm³/mol. The summed E-state index contributed by atoms with van der Waals surface area (Å²) in [6.07, 6.45) is -0.912. The molecular weight excluding hydrogens is 306 g/mol. The van der Waals surface area contributed by atoms with Crippen molar-refractivity contribution in [2.24, 2.45) is 0 Å². The molecule has 0 bridgehead atoms. The first-order valence-electron chi connectivity index (χ1n) is 7.64. The Morgan fingerprint density at radius 3 is 2.46 bits per heavy atom. The Morgan fingerprint density at radius 2 is 1.79 bits per heavy atom. The van der Waals surface area contributed by atoms with Gasteiger partial charge >= 0.3 is 5.97 Å². The van der Waals surface area contributed by atoms with E-state index in [-0.39, 0.29) is 0 Å². The lowest BCUT2D eigenvalue weighted by Gasteiger charge is -2.14. The third-order valence-corrected chi connectivity index (χ3v) is 3.73. The van der Waals surface area contributed by atoms with E-state index >= 15 is 0 Å². The van der Waals surface area contributed by atoms with Crippen molar-refractivity contribution in [1.82, 2.24) is 0 Å². The second-order valence-electron chi connectivity index (χ2n) is 5.57. The largest absolute Gasteiger partial charge is 0.497 e. The molecule has 5 nitrogen and oxygen atoms in total. The van der Waals surface area contributed by atoms with E-state index in [0.717, 1.165) is 11.1 Å². The van der Waals surface area contributed by atoms with Crippen molar-refractivity contribution in [1.29, 1.82) is 0 Å². The van der Waals surface area contributed by atoms with Crippen molar-refractivity contribution in [2.75, 3.05) is 12.4 Å². The molecule has 0 spiro atoms. The Kier molecular flexibility index (Phi) is 5.58. The second-order valence-corrected chi connectivity index (χ2v) is 5.57. The highest BCUT2D eigenvalue weighted by Gasteiger charge is 2.19. The first-order valence-corrected chi connectivity index (χ1v) is 7.64. The summed E-state index contributed by atoms with van der Waals surface area (Å²) in [5.41, 5.74) is 3.10. The minimum atomic E-state index is -0.912. The molecular formula is C19H21NO4. The van der Waals surface area contributed by atoms with E-state index in [9.17, 15) is 9.59 Å². The zero-order valence-electron chi connectivity index (χ0n) is 14.3. The van der Waals surface area contributed by atoms with Gasteiger partial charge < -0.3 is 14.8 Å². The SMILES string of the molecule is COc1cccc(NC(=O)[C@@H](C)OC(=O)c2ccc(C)c(C)c2)c1. The Bertz CT molecular complexity index is 755. The third-order valence-electron chi connectivity index (χ3n) is 3.73. The van der Waals surface area contributed by atoms with Crippen LogP contribution >= 0.6 is 0 Å². The fourth-order valence-electron chi connectivity index (χ4n) is 2.10. The van der Waals surface area contributed by atoms with Gasteiger partial charge in [-0.25, -0.2) is 4.79 Å². The van der Waals surface area contributed by atoms with Crippen molar-refractivity contribution >= 4 is 17.6 Å². The fraction of sp³-hybridized carbons (Fsp3) is 0.263. The summed E-state index contributed by atoms with van der Waals surface area (Å²) >= 11 is 0. The van der Waals surface area contributed by atoms with Gasteiger partial charge in [-0.05, 0) is 56.2 Å². The third kappa shape index (κ3) is 4.35. The van der Waals surface area contributed by atoms with Crippen LogP contribution in [0.15, 0.2) is 42.5 Å². The van der Waals surface area contributed by atoms with Gasteiger partial charge in [0.15, 0.2) is 6.10 Å². The van der Waals surface area contributed by atoms with E-state index in [1.54, 1.807) is 43.5 Å². The average molecular weight is 327 g/mol. The van der Waals surface area contributed by atoms with Gasteiger partial charge in [-0.15, -0.1) is 0 Å². The van der Waals surface area contributed by atoms with Gasteiger partial charge in [-0.3, -0.25) is 4.79 Å². The van der Waals surface area contributed by atoms with E-state index in [1.165, 1.54) is 6.92 Å². The molecule has 2 rings (SSSR count). The number of amides is 1. The number of rotatable bonds is 5. The van der Waals surface area contributed by atoms with Crippen LogP contribution in [0.3, 0.4) is 0 Å². The smallest absolute Gasteiger partial charge is 0.338 e. The van der Waals surface area contributed by atoms with Gasteiger partial charge in [-0.2, -0.15) is 0 Å². The molecule has 0 fully saturated rings. The zero-order valence-corrected chi connectivity index (χ0v) is 14.3. The fourth-order valence-corrected chi connectivity index (χ4v) is 2.10. The van der Waals surface area contributed by atoms with Gasteiger partial charge in [-0.1, -0.05) is 12.1 Å². The summed E-state index contributed by atoms with van der Waals surface area (Å²) in [4.78, 5) is 24.3. The number of methoxy groups -OCH3 is 1. The minimum Gasteiger partial charge on any atom is -0.497 e. The molecule has 0 aliphatic rings. The summed E-state index contributed by atoms with van der Waals surface area (Å²) in [6.45, 7) is 5.42. The molecule has 1 amide bonds. The van der Waals surface area contributed by atoms with Gasteiger partial charge in [0.25, 0.3) is 5.91 Å². The van der Waals surface area contributed by atoms with E-state index < -0.39 is 18.0 Å². The van der Waals surface area contributed by atoms with Gasteiger partial charge in [0.1, 0.15) is 5.75 Å². The van der Waals surface area contributed by atoms with Crippen LogP contribution in [0.2, 0.25) is 0 Å². The number of ether oxygens (including phenoxy) is 2. The molecule has 0 aliphatic carbocycles. The highest BCUT2D eigenvalue weighted by Crippen LogP contribution is 2.17. The zero-order chi connectivity index (χ0) is 17.7. The van der Waals surface area contributed by atoms with Crippen LogP contribution in [0.1, 0.15) is 28.4 Å². The minimum absolute atomic E-state index is 0.402. The molecule has 0 saturated heterocycles. The molecule has 1 N–H and O–H groups in total. The number of anilines is 1. The molecule has 0 aliphatic heterocycles. The highest BCUT2D eigenvalue weighted by atomic mass is 16.5. The standard InChI is InChI=1S/C19H21NO4/c1-12-8-9-15(10-13(12)2)19(22)24-14(3)18(21)20-16-6-5-7-17(11-16)23-4/h5-11,14H,1-4H3,(H,20,21)/t14-/m1/s1. The second kappa shape index (κ2) is 7.64. The number of carbonyl (C=O) groups excluding carboxylic acids is 2. The molecule has 0 unspecified atom stereocenters. The Morgan fingerprint density at radius 1 is 1.04 bits per heavy atom. The van der Waals surface area contributed by atoms with Crippen molar-refractivity contribution in [2.45, 2.75) is 26.9 Å². The van der Waals surface area contributed by atoms with Gasteiger partial charge in [0.05, 0.1) is 12.7 Å². The van der Waals surface area contributed by atoms with Gasteiger partial charge in [0, 0.05) is 11.8 Å². The predicted octanol–water partition coefficient (Wildman–Crippen LogP) is 3.50. The number of aryl methyl sites for hydroxylation is 2. The van der Waals surface area contributed by atoms with Crippen LogP contribution in [0.25, 0.3) is 0 Å². The first-order chi connectivity index (χ1) is 11.4. The maximum atomic E-state index is 12.2. The van der Waals surface area contributed by atoms with Crippen LogP contribution < -0.4 is 10.1 Å². The van der Waals surface area contributed by atoms with Crippen LogP contribution in [-0.2, 0) is 9.53 Å². The van der Waals surface area contributed by atoms with E-state index in [4.69, 9.17) is 9.47 Å². The van der Waals surface area contributed by atoms with Gasteiger partial charge in [0.2, 0.25) is 0 Å². The van der Waals surface area contributed by atoms with E-state index in [1.807, 2.05) is 19.9 Å². The summed E-state index contributed by atoms with van der Waals surface area (Å²) in [5.74, 6) is -0.292. The maximum absolute atomic E-state index is 12.2. The summed E-state index contributed by atoms with van der Waals surface area (Å²) < 4.78 is 10.3. The number of hydrogen-bond donors (Lipinski definition) is 1. The summed E-state index contributed by atoms with van der Waals surface area (Å²) in [6, 6.07) is 12.3. The molecule has 5 heteroatoms. The number of hydrogen-bond acceptors (Lipinski definition) is 4. The van der Waals surface area contributed by atoms with Crippen LogP contribution in [0.5, 0.6) is 5.75 Å².